The molecule has 0 radical (unpaired) electrons. The first-order valence-corrected chi connectivity index (χ1v) is 9.96. The van der Waals surface area contributed by atoms with Crippen LogP contribution in [-0.4, -0.2) is 45.7 Å². The SMILES string of the molecule is Cc1ccnc(N2CCN(c3ccc4c(=O)n(CC5CC5)cnc4c3)CC2)n1. The normalized spacial score (nSPS) is 17.3. The van der Waals surface area contributed by atoms with Crippen LogP contribution in [-0.2, 0) is 6.54 Å². The second-order valence-corrected chi connectivity index (χ2v) is 7.82. The zero-order chi connectivity index (χ0) is 19.1. The van der Waals surface area contributed by atoms with E-state index in [0.717, 1.165) is 55.6 Å². The van der Waals surface area contributed by atoms with Crippen molar-refractivity contribution in [2.75, 3.05) is 36.0 Å². The molecule has 1 aliphatic heterocycles. The topological polar surface area (TPSA) is 67.2 Å². The fourth-order valence-corrected chi connectivity index (χ4v) is 3.80. The minimum absolute atomic E-state index is 0.0739. The molecule has 1 saturated heterocycles. The monoisotopic (exact) mass is 376 g/mol. The maximum atomic E-state index is 12.7. The summed E-state index contributed by atoms with van der Waals surface area (Å²) in [5.41, 5.74) is 2.95. The summed E-state index contributed by atoms with van der Waals surface area (Å²) >= 11 is 0. The first kappa shape index (κ1) is 17.2. The van der Waals surface area contributed by atoms with Crippen molar-refractivity contribution >= 4 is 22.5 Å². The van der Waals surface area contributed by atoms with Crippen LogP contribution >= 0.6 is 0 Å². The van der Waals surface area contributed by atoms with Gasteiger partial charge < -0.3 is 9.80 Å². The molecule has 0 bridgehead atoms. The van der Waals surface area contributed by atoms with E-state index in [1.807, 2.05) is 37.4 Å². The van der Waals surface area contributed by atoms with Crippen molar-refractivity contribution < 1.29 is 0 Å². The van der Waals surface area contributed by atoms with Gasteiger partial charge in [-0.2, -0.15) is 0 Å². The number of anilines is 2. The summed E-state index contributed by atoms with van der Waals surface area (Å²) in [6.45, 7) is 6.31. The van der Waals surface area contributed by atoms with Crippen LogP contribution in [0.4, 0.5) is 11.6 Å². The minimum Gasteiger partial charge on any atom is -0.368 e. The molecule has 7 nitrogen and oxygen atoms in total. The smallest absolute Gasteiger partial charge is 0.261 e. The second kappa shape index (κ2) is 6.89. The largest absolute Gasteiger partial charge is 0.368 e. The lowest BCUT2D eigenvalue weighted by Crippen LogP contribution is -2.47. The Balaban J connectivity index is 1.33. The van der Waals surface area contributed by atoms with E-state index < -0.39 is 0 Å². The molecule has 5 rings (SSSR count). The van der Waals surface area contributed by atoms with Gasteiger partial charge in [-0.1, -0.05) is 0 Å². The van der Waals surface area contributed by atoms with Crippen LogP contribution < -0.4 is 15.4 Å². The summed E-state index contributed by atoms with van der Waals surface area (Å²) in [6, 6.07) is 7.93. The summed E-state index contributed by atoms with van der Waals surface area (Å²) < 4.78 is 1.76. The lowest BCUT2D eigenvalue weighted by Gasteiger charge is -2.36. The molecule has 2 aromatic heterocycles. The van der Waals surface area contributed by atoms with Crippen LogP contribution in [0.5, 0.6) is 0 Å². The number of aryl methyl sites for hydroxylation is 1. The van der Waals surface area contributed by atoms with Crippen LogP contribution in [0.15, 0.2) is 41.6 Å². The van der Waals surface area contributed by atoms with Crippen LogP contribution in [0.1, 0.15) is 18.5 Å². The van der Waals surface area contributed by atoms with Crippen molar-refractivity contribution in [3.63, 3.8) is 0 Å². The lowest BCUT2D eigenvalue weighted by atomic mass is 10.2. The molecule has 1 saturated carbocycles. The number of nitrogens with zero attached hydrogens (tertiary/aromatic N) is 6. The molecule has 1 aromatic carbocycles. The van der Waals surface area contributed by atoms with Crippen LogP contribution in [0, 0.1) is 12.8 Å². The molecule has 144 valence electrons. The van der Waals surface area contributed by atoms with Crippen molar-refractivity contribution in [1.29, 1.82) is 0 Å². The standard InChI is InChI=1S/C21H24N6O/c1-15-6-7-22-21(24-15)26-10-8-25(9-11-26)17-4-5-18-19(12-17)23-14-27(20(18)28)13-16-2-3-16/h4-7,12,14,16H,2-3,8-11,13H2,1H3. The maximum absolute atomic E-state index is 12.7. The van der Waals surface area contributed by atoms with E-state index >= 15 is 0 Å². The summed E-state index contributed by atoms with van der Waals surface area (Å²) in [5, 5.41) is 0.707. The fourth-order valence-electron chi connectivity index (χ4n) is 3.80. The molecule has 0 amide bonds. The third-order valence-electron chi connectivity index (χ3n) is 5.67. The predicted molar refractivity (Wildman–Crippen MR) is 110 cm³/mol. The van der Waals surface area contributed by atoms with Gasteiger partial charge in [0.05, 0.1) is 17.2 Å². The molecule has 2 aliphatic rings. The summed E-state index contributed by atoms with van der Waals surface area (Å²) in [6.07, 6.45) is 5.97. The summed E-state index contributed by atoms with van der Waals surface area (Å²) in [7, 11) is 0. The Bertz CT molecular complexity index is 1070. The third-order valence-corrected chi connectivity index (χ3v) is 5.67. The Morgan fingerprint density at radius 2 is 1.82 bits per heavy atom. The molecule has 7 heteroatoms. The molecular weight excluding hydrogens is 352 g/mol. The van der Waals surface area contributed by atoms with E-state index in [2.05, 4.69) is 24.8 Å². The van der Waals surface area contributed by atoms with E-state index in [1.165, 1.54) is 12.8 Å². The molecule has 2 fully saturated rings. The summed E-state index contributed by atoms with van der Waals surface area (Å²) in [5.74, 6) is 1.46. The predicted octanol–water partition coefficient (Wildman–Crippen LogP) is 2.23. The van der Waals surface area contributed by atoms with Crippen LogP contribution in [0.2, 0.25) is 0 Å². The van der Waals surface area contributed by atoms with E-state index in [4.69, 9.17) is 0 Å². The van der Waals surface area contributed by atoms with Crippen LogP contribution in [0.25, 0.3) is 10.9 Å². The average Bonchev–Trinajstić information content (AvgIpc) is 3.54. The number of benzene rings is 1. The van der Waals surface area contributed by atoms with Gasteiger partial charge >= 0.3 is 0 Å². The molecule has 0 unspecified atom stereocenters. The Kier molecular flexibility index (Phi) is 4.22. The zero-order valence-electron chi connectivity index (χ0n) is 16.1. The highest BCUT2D eigenvalue weighted by Crippen LogP contribution is 2.30. The molecule has 1 aliphatic carbocycles. The van der Waals surface area contributed by atoms with Gasteiger partial charge in [-0.25, -0.2) is 15.0 Å². The molecule has 0 atom stereocenters. The first-order chi connectivity index (χ1) is 13.7. The van der Waals surface area contributed by atoms with E-state index in [9.17, 15) is 4.79 Å². The van der Waals surface area contributed by atoms with E-state index in [-0.39, 0.29) is 5.56 Å². The van der Waals surface area contributed by atoms with Gasteiger partial charge in [0.25, 0.3) is 5.56 Å². The minimum atomic E-state index is 0.0739. The van der Waals surface area contributed by atoms with Gasteiger partial charge in [0.15, 0.2) is 0 Å². The highest BCUT2D eigenvalue weighted by atomic mass is 16.1. The van der Waals surface area contributed by atoms with E-state index in [0.29, 0.717) is 11.3 Å². The van der Waals surface area contributed by atoms with Gasteiger partial charge in [0.2, 0.25) is 5.95 Å². The van der Waals surface area contributed by atoms with Gasteiger partial charge in [-0.15, -0.1) is 0 Å². The van der Waals surface area contributed by atoms with E-state index in [1.54, 1.807) is 10.9 Å². The lowest BCUT2D eigenvalue weighted by molar-refractivity contribution is 0.602. The van der Waals surface area contributed by atoms with Crippen molar-refractivity contribution in [3.8, 4) is 0 Å². The highest BCUT2D eigenvalue weighted by Gasteiger charge is 2.23. The number of piperazine rings is 1. The van der Waals surface area contributed by atoms with Crippen molar-refractivity contribution in [2.45, 2.75) is 26.3 Å². The number of aromatic nitrogens is 4. The molecule has 3 heterocycles. The van der Waals surface area contributed by atoms with Crippen LogP contribution in [0.3, 0.4) is 0 Å². The Morgan fingerprint density at radius 3 is 2.57 bits per heavy atom. The molecule has 28 heavy (non-hydrogen) atoms. The second-order valence-electron chi connectivity index (χ2n) is 7.82. The molecule has 3 aromatic rings. The molecule has 0 N–H and O–H groups in total. The van der Waals surface area contributed by atoms with Crippen molar-refractivity contribution in [1.82, 2.24) is 19.5 Å². The number of hydrogen-bond acceptors (Lipinski definition) is 6. The van der Waals surface area contributed by atoms with Crippen molar-refractivity contribution in [2.24, 2.45) is 5.92 Å². The van der Waals surface area contributed by atoms with Gasteiger partial charge in [0, 0.05) is 50.3 Å². The third kappa shape index (κ3) is 3.32. The maximum Gasteiger partial charge on any atom is 0.261 e. The molecule has 0 spiro atoms. The number of hydrogen-bond donors (Lipinski definition) is 0. The number of fused-ring (bicyclic) bond motifs is 1. The highest BCUT2D eigenvalue weighted by molar-refractivity contribution is 5.81. The average molecular weight is 376 g/mol. The Morgan fingerprint density at radius 1 is 1.04 bits per heavy atom. The summed E-state index contributed by atoms with van der Waals surface area (Å²) in [4.78, 5) is 30.7. The Hall–Kier alpha value is -2.96. The number of rotatable bonds is 4. The Labute approximate surface area is 163 Å². The molecular formula is C21H24N6O. The van der Waals surface area contributed by atoms with Gasteiger partial charge in [0.1, 0.15) is 0 Å². The van der Waals surface area contributed by atoms with Crippen molar-refractivity contribution in [3.05, 3.63) is 52.8 Å². The quantitative estimate of drug-likeness (QED) is 0.696. The fraction of sp³-hybridized carbons (Fsp3) is 0.429. The zero-order valence-corrected chi connectivity index (χ0v) is 16.1. The van der Waals surface area contributed by atoms with Gasteiger partial charge in [-0.05, 0) is 49.9 Å². The first-order valence-electron chi connectivity index (χ1n) is 9.96. The van der Waals surface area contributed by atoms with Gasteiger partial charge in [-0.3, -0.25) is 9.36 Å².